The van der Waals surface area contributed by atoms with Gasteiger partial charge in [0.15, 0.2) is 0 Å². The SMILES string of the molecule is CCOc1ccc(Br)cc1/C=N/Nc1nc(-c2ccccc2)cc(=O)[nH]1. The van der Waals surface area contributed by atoms with E-state index in [9.17, 15) is 4.79 Å². The molecule has 0 fully saturated rings. The van der Waals surface area contributed by atoms with Gasteiger partial charge in [0.25, 0.3) is 5.56 Å². The maximum atomic E-state index is 11.9. The van der Waals surface area contributed by atoms with Crippen LogP contribution in [0.25, 0.3) is 11.3 Å². The Labute approximate surface area is 159 Å². The van der Waals surface area contributed by atoms with E-state index in [1.54, 1.807) is 6.21 Å². The van der Waals surface area contributed by atoms with E-state index in [0.29, 0.717) is 12.3 Å². The van der Waals surface area contributed by atoms with E-state index >= 15 is 0 Å². The van der Waals surface area contributed by atoms with E-state index in [1.807, 2.05) is 55.5 Å². The van der Waals surface area contributed by atoms with Crippen LogP contribution in [0, 0.1) is 0 Å². The number of ether oxygens (including phenoxy) is 1. The van der Waals surface area contributed by atoms with Crippen LogP contribution in [0.15, 0.2) is 69.0 Å². The molecule has 0 radical (unpaired) electrons. The number of hydrogen-bond acceptors (Lipinski definition) is 5. The Bertz CT molecular complexity index is 971. The quantitative estimate of drug-likeness (QED) is 0.472. The number of halogens is 1. The summed E-state index contributed by atoms with van der Waals surface area (Å²) in [5, 5.41) is 4.16. The molecule has 1 heterocycles. The van der Waals surface area contributed by atoms with Crippen molar-refractivity contribution in [1.29, 1.82) is 0 Å². The molecule has 7 heteroatoms. The molecule has 0 amide bonds. The Morgan fingerprint density at radius 3 is 2.81 bits per heavy atom. The van der Waals surface area contributed by atoms with Crippen molar-refractivity contribution in [2.75, 3.05) is 12.0 Å². The van der Waals surface area contributed by atoms with Crippen LogP contribution in [0.5, 0.6) is 5.75 Å². The third kappa shape index (κ3) is 4.58. The maximum absolute atomic E-state index is 11.9. The lowest BCUT2D eigenvalue weighted by atomic mass is 10.1. The van der Waals surface area contributed by atoms with Crippen LogP contribution in [0.2, 0.25) is 0 Å². The molecule has 0 atom stereocenters. The molecule has 2 N–H and O–H groups in total. The number of nitrogens with one attached hydrogen (secondary N) is 2. The molecule has 1 aromatic heterocycles. The van der Waals surface area contributed by atoms with Gasteiger partial charge in [-0.1, -0.05) is 46.3 Å². The van der Waals surface area contributed by atoms with Crippen molar-refractivity contribution in [3.63, 3.8) is 0 Å². The molecule has 6 nitrogen and oxygen atoms in total. The summed E-state index contributed by atoms with van der Waals surface area (Å²) in [5.74, 6) is 0.987. The van der Waals surface area contributed by atoms with Crippen molar-refractivity contribution in [2.24, 2.45) is 5.10 Å². The average molecular weight is 413 g/mol. The Balaban J connectivity index is 1.82. The summed E-state index contributed by atoms with van der Waals surface area (Å²) < 4.78 is 6.49. The molecular formula is C19H17BrN4O2. The molecule has 0 saturated carbocycles. The third-order valence-electron chi connectivity index (χ3n) is 3.46. The molecule has 3 aromatic rings. The number of aromatic nitrogens is 2. The van der Waals surface area contributed by atoms with Gasteiger partial charge in [-0.2, -0.15) is 5.10 Å². The number of anilines is 1. The number of hydrazone groups is 1. The number of hydrogen-bond donors (Lipinski definition) is 2. The topological polar surface area (TPSA) is 79.4 Å². The van der Waals surface area contributed by atoms with Crippen molar-refractivity contribution in [2.45, 2.75) is 6.92 Å². The highest BCUT2D eigenvalue weighted by molar-refractivity contribution is 9.10. The smallest absolute Gasteiger partial charge is 0.252 e. The molecule has 3 rings (SSSR count). The van der Waals surface area contributed by atoms with Crippen LogP contribution in [0.1, 0.15) is 12.5 Å². The molecule has 26 heavy (non-hydrogen) atoms. The number of H-pyrrole nitrogens is 1. The minimum absolute atomic E-state index is 0.256. The summed E-state index contributed by atoms with van der Waals surface area (Å²) in [7, 11) is 0. The Kier molecular flexibility index (Phi) is 5.80. The van der Waals surface area contributed by atoms with Gasteiger partial charge in [-0.25, -0.2) is 10.4 Å². The van der Waals surface area contributed by atoms with Gasteiger partial charge in [-0.15, -0.1) is 0 Å². The number of rotatable bonds is 6. The van der Waals surface area contributed by atoms with Crippen molar-refractivity contribution in [3.8, 4) is 17.0 Å². The highest BCUT2D eigenvalue weighted by Crippen LogP contribution is 2.22. The van der Waals surface area contributed by atoms with Crippen LogP contribution < -0.4 is 15.7 Å². The summed E-state index contributed by atoms with van der Waals surface area (Å²) >= 11 is 3.43. The Hall–Kier alpha value is -2.93. The first-order chi connectivity index (χ1) is 12.7. The van der Waals surface area contributed by atoms with Gasteiger partial charge in [0.05, 0.1) is 18.5 Å². The fraction of sp³-hybridized carbons (Fsp3) is 0.105. The number of benzene rings is 2. The van der Waals surface area contributed by atoms with Gasteiger partial charge in [0.2, 0.25) is 5.95 Å². The average Bonchev–Trinajstić information content (AvgIpc) is 2.64. The minimum Gasteiger partial charge on any atom is -0.493 e. The van der Waals surface area contributed by atoms with Crippen LogP contribution in [0.4, 0.5) is 5.95 Å². The molecule has 0 bridgehead atoms. The molecule has 0 aliphatic heterocycles. The molecule has 0 spiro atoms. The van der Waals surface area contributed by atoms with E-state index in [2.05, 4.69) is 36.4 Å². The van der Waals surface area contributed by atoms with Crippen LogP contribution in [-0.4, -0.2) is 22.8 Å². The summed E-state index contributed by atoms with van der Waals surface area (Å²) in [4.78, 5) is 18.9. The molecule has 0 saturated heterocycles. The molecule has 0 aliphatic rings. The fourth-order valence-corrected chi connectivity index (χ4v) is 2.72. The summed E-state index contributed by atoms with van der Waals surface area (Å²) in [6.07, 6.45) is 1.62. The second-order valence-electron chi connectivity index (χ2n) is 5.33. The largest absolute Gasteiger partial charge is 0.493 e. The highest BCUT2D eigenvalue weighted by Gasteiger charge is 2.04. The first kappa shape index (κ1) is 17.9. The van der Waals surface area contributed by atoms with E-state index < -0.39 is 0 Å². The standard InChI is InChI=1S/C19H17BrN4O2/c1-2-26-17-9-8-15(20)10-14(17)12-21-24-19-22-16(11-18(25)23-19)13-6-4-3-5-7-13/h3-12H,2H2,1H3,(H2,22,23,24,25)/b21-12+. The van der Waals surface area contributed by atoms with Gasteiger partial charge >= 0.3 is 0 Å². The zero-order chi connectivity index (χ0) is 18.4. The molecule has 2 aromatic carbocycles. The van der Waals surface area contributed by atoms with Crippen LogP contribution >= 0.6 is 15.9 Å². The molecular weight excluding hydrogens is 396 g/mol. The zero-order valence-corrected chi connectivity index (χ0v) is 15.7. The van der Waals surface area contributed by atoms with E-state index in [-0.39, 0.29) is 11.5 Å². The first-order valence-corrected chi connectivity index (χ1v) is 8.83. The van der Waals surface area contributed by atoms with Crippen molar-refractivity contribution >= 4 is 28.1 Å². The molecule has 0 unspecified atom stereocenters. The normalized spacial score (nSPS) is 10.8. The van der Waals surface area contributed by atoms with E-state index in [1.165, 1.54) is 6.07 Å². The lowest BCUT2D eigenvalue weighted by Crippen LogP contribution is -2.10. The lowest BCUT2D eigenvalue weighted by molar-refractivity contribution is 0.339. The maximum Gasteiger partial charge on any atom is 0.252 e. The second kappa shape index (κ2) is 8.44. The van der Waals surface area contributed by atoms with Gasteiger partial charge in [-0.05, 0) is 25.1 Å². The zero-order valence-electron chi connectivity index (χ0n) is 14.1. The monoisotopic (exact) mass is 412 g/mol. The van der Waals surface area contributed by atoms with E-state index in [4.69, 9.17) is 4.74 Å². The minimum atomic E-state index is -0.256. The highest BCUT2D eigenvalue weighted by atomic mass is 79.9. The summed E-state index contributed by atoms with van der Waals surface area (Å²) in [6, 6.07) is 16.6. The molecule has 0 aliphatic carbocycles. The van der Waals surface area contributed by atoms with Gasteiger partial charge in [0.1, 0.15) is 5.75 Å². The second-order valence-corrected chi connectivity index (χ2v) is 6.25. The van der Waals surface area contributed by atoms with Crippen LogP contribution in [-0.2, 0) is 0 Å². The number of aromatic amines is 1. The predicted molar refractivity (Wildman–Crippen MR) is 107 cm³/mol. The first-order valence-electron chi connectivity index (χ1n) is 8.04. The van der Waals surface area contributed by atoms with Gasteiger partial charge < -0.3 is 4.74 Å². The Morgan fingerprint density at radius 1 is 1.23 bits per heavy atom. The van der Waals surface area contributed by atoms with Gasteiger partial charge in [-0.3, -0.25) is 9.78 Å². The van der Waals surface area contributed by atoms with Crippen molar-refractivity contribution in [3.05, 3.63) is 75.0 Å². The predicted octanol–water partition coefficient (Wildman–Crippen LogP) is 4.04. The van der Waals surface area contributed by atoms with Crippen LogP contribution in [0.3, 0.4) is 0 Å². The van der Waals surface area contributed by atoms with Gasteiger partial charge in [0, 0.05) is 21.7 Å². The summed E-state index contributed by atoms with van der Waals surface area (Å²) in [6.45, 7) is 2.48. The fourth-order valence-electron chi connectivity index (χ4n) is 2.34. The lowest BCUT2D eigenvalue weighted by Gasteiger charge is -2.07. The summed E-state index contributed by atoms with van der Waals surface area (Å²) in [5.41, 5.74) is 4.74. The number of nitrogens with zero attached hydrogens (tertiary/aromatic N) is 2. The third-order valence-corrected chi connectivity index (χ3v) is 3.95. The van der Waals surface area contributed by atoms with E-state index in [0.717, 1.165) is 21.3 Å². The van der Waals surface area contributed by atoms with Crippen molar-refractivity contribution < 1.29 is 4.74 Å². The van der Waals surface area contributed by atoms with Crippen molar-refractivity contribution in [1.82, 2.24) is 9.97 Å². The Morgan fingerprint density at radius 2 is 2.04 bits per heavy atom. The molecule has 132 valence electrons.